The third-order valence-electron chi connectivity index (χ3n) is 8.41. The molecule has 4 aromatic rings. The number of amides is 1. The Labute approximate surface area is 237 Å². The quantitative estimate of drug-likeness (QED) is 0.338. The number of rotatable bonds is 5. The Balaban J connectivity index is 1.18. The molecule has 1 atom stereocenters. The first kappa shape index (κ1) is 25.6. The maximum Gasteiger partial charge on any atom is 0.284 e. The smallest absolute Gasteiger partial charge is 0.284 e. The molecule has 4 heterocycles. The summed E-state index contributed by atoms with van der Waals surface area (Å²) in [6.45, 7) is 1.18. The van der Waals surface area contributed by atoms with Crippen molar-refractivity contribution in [3.8, 4) is 16.8 Å². The van der Waals surface area contributed by atoms with Gasteiger partial charge in [-0.25, -0.2) is 9.67 Å². The molecule has 1 fully saturated rings. The van der Waals surface area contributed by atoms with Crippen molar-refractivity contribution in [2.24, 2.45) is 10.7 Å². The van der Waals surface area contributed by atoms with Gasteiger partial charge >= 0.3 is 0 Å². The van der Waals surface area contributed by atoms with Crippen molar-refractivity contribution in [3.63, 3.8) is 0 Å². The SMILES string of the molecule is NC1N=CNn2c(C3CCCCC3)cc(-c3ccc(NC(=O)c4c5n(n(-c6ccccc6)c4=O)CCOC5)cc3)c21. The Bertz CT molecular complexity index is 1680. The summed E-state index contributed by atoms with van der Waals surface area (Å²) in [5.74, 6) is 0.0336. The molecule has 1 unspecified atom stereocenters. The van der Waals surface area contributed by atoms with Crippen molar-refractivity contribution in [2.75, 3.05) is 17.3 Å². The molecule has 1 saturated carbocycles. The molecule has 2 aliphatic heterocycles. The number of carbonyl (C=O) groups excluding carboxylic acids is 1. The predicted molar refractivity (Wildman–Crippen MR) is 158 cm³/mol. The number of para-hydroxylation sites is 1. The number of carbonyl (C=O) groups is 1. The standard InChI is InChI=1S/C31H33N7O3/c32-29-28-24(17-25(37(28)34-19-33-29)21-7-3-1-4-8-21)20-11-13-22(14-12-20)35-30(39)27-26-18-41-16-15-36(26)38(31(27)40)23-9-5-2-6-10-23/h2,5-6,9-14,17,19,21,29H,1,3-4,7-8,15-16,18,32H2,(H,33,34)(H,35,39). The fourth-order valence-electron chi connectivity index (χ4n) is 6.42. The van der Waals surface area contributed by atoms with Gasteiger partial charge in [0.1, 0.15) is 18.1 Å². The van der Waals surface area contributed by atoms with Crippen molar-refractivity contribution in [1.82, 2.24) is 14.0 Å². The highest BCUT2D eigenvalue weighted by atomic mass is 16.5. The summed E-state index contributed by atoms with van der Waals surface area (Å²) in [5.41, 5.74) is 15.6. The molecule has 3 aliphatic rings. The van der Waals surface area contributed by atoms with E-state index in [9.17, 15) is 9.59 Å². The van der Waals surface area contributed by atoms with Crippen LogP contribution in [0.15, 0.2) is 70.5 Å². The first-order valence-electron chi connectivity index (χ1n) is 14.3. The molecular weight excluding hydrogens is 518 g/mol. The summed E-state index contributed by atoms with van der Waals surface area (Å²) in [4.78, 5) is 31.4. The van der Waals surface area contributed by atoms with Gasteiger partial charge in [-0.15, -0.1) is 0 Å². The molecular formula is C31H33N7O3. The topological polar surface area (TPSA) is 121 Å². The number of aromatic nitrogens is 3. The van der Waals surface area contributed by atoms with Gasteiger partial charge < -0.3 is 15.8 Å². The zero-order valence-electron chi connectivity index (χ0n) is 22.8. The molecule has 10 nitrogen and oxygen atoms in total. The highest BCUT2D eigenvalue weighted by molar-refractivity contribution is 6.05. The fraction of sp³-hybridized carbons (Fsp3) is 0.323. The minimum absolute atomic E-state index is 0.103. The van der Waals surface area contributed by atoms with E-state index in [0.717, 1.165) is 16.8 Å². The van der Waals surface area contributed by atoms with Crippen molar-refractivity contribution < 1.29 is 9.53 Å². The fourth-order valence-corrected chi connectivity index (χ4v) is 6.42. The second-order valence-corrected chi connectivity index (χ2v) is 10.9. The number of nitrogens with two attached hydrogens (primary N) is 1. The second-order valence-electron chi connectivity index (χ2n) is 10.9. The van der Waals surface area contributed by atoms with E-state index in [2.05, 4.69) is 26.5 Å². The van der Waals surface area contributed by atoms with Gasteiger partial charge in [0.05, 0.1) is 36.8 Å². The highest BCUT2D eigenvalue weighted by Gasteiger charge is 2.30. The molecule has 0 bridgehead atoms. The Morgan fingerprint density at radius 3 is 2.61 bits per heavy atom. The average molecular weight is 552 g/mol. The molecule has 1 aliphatic carbocycles. The largest absolute Gasteiger partial charge is 0.373 e. The Kier molecular flexibility index (Phi) is 6.56. The van der Waals surface area contributed by atoms with Crippen molar-refractivity contribution in [1.29, 1.82) is 0 Å². The third kappa shape index (κ3) is 4.49. The van der Waals surface area contributed by atoms with Crippen LogP contribution >= 0.6 is 0 Å². The molecule has 210 valence electrons. The Morgan fingerprint density at radius 2 is 1.83 bits per heavy atom. The zero-order chi connectivity index (χ0) is 27.9. The first-order valence-corrected chi connectivity index (χ1v) is 14.3. The van der Waals surface area contributed by atoms with E-state index in [-0.39, 0.29) is 17.7 Å². The van der Waals surface area contributed by atoms with Crippen molar-refractivity contribution >= 4 is 17.9 Å². The van der Waals surface area contributed by atoms with Crippen LogP contribution in [0, 0.1) is 0 Å². The molecule has 2 aromatic carbocycles. The monoisotopic (exact) mass is 551 g/mol. The molecule has 1 amide bonds. The van der Waals surface area contributed by atoms with Crippen LogP contribution in [0.3, 0.4) is 0 Å². The molecule has 2 aromatic heterocycles. The van der Waals surface area contributed by atoms with E-state index < -0.39 is 12.1 Å². The van der Waals surface area contributed by atoms with E-state index in [4.69, 9.17) is 10.5 Å². The third-order valence-corrected chi connectivity index (χ3v) is 8.41. The molecule has 0 radical (unpaired) electrons. The summed E-state index contributed by atoms with van der Waals surface area (Å²) in [6, 6.07) is 19.3. The summed E-state index contributed by atoms with van der Waals surface area (Å²) in [5, 5.41) is 2.93. The van der Waals surface area contributed by atoms with Crippen LogP contribution < -0.4 is 22.0 Å². The molecule has 10 heteroatoms. The van der Waals surface area contributed by atoms with Gasteiger partial charge in [-0.1, -0.05) is 49.6 Å². The van der Waals surface area contributed by atoms with Crippen LogP contribution in [0.5, 0.6) is 0 Å². The van der Waals surface area contributed by atoms with Crippen LogP contribution in [-0.4, -0.2) is 32.9 Å². The lowest BCUT2D eigenvalue weighted by atomic mass is 9.87. The number of anilines is 1. The summed E-state index contributed by atoms with van der Waals surface area (Å²) in [6.07, 6.45) is 7.32. The van der Waals surface area contributed by atoms with Gasteiger partial charge in [-0.05, 0) is 48.7 Å². The number of nitrogens with zero attached hydrogens (tertiary/aromatic N) is 4. The van der Waals surface area contributed by atoms with Gasteiger partial charge in [-0.2, -0.15) is 0 Å². The number of hydrogen-bond donors (Lipinski definition) is 3. The van der Waals surface area contributed by atoms with Crippen LogP contribution in [0.2, 0.25) is 0 Å². The summed E-state index contributed by atoms with van der Waals surface area (Å²) < 4.78 is 11.1. The van der Waals surface area contributed by atoms with Crippen LogP contribution in [-0.2, 0) is 17.9 Å². The zero-order valence-corrected chi connectivity index (χ0v) is 22.8. The van der Waals surface area contributed by atoms with Gasteiger partial charge in [0, 0.05) is 22.9 Å². The second kappa shape index (κ2) is 10.5. The molecule has 4 N–H and O–H groups in total. The van der Waals surface area contributed by atoms with Gasteiger partial charge in [0.25, 0.3) is 11.5 Å². The Hall–Kier alpha value is -4.41. The van der Waals surface area contributed by atoms with Crippen LogP contribution in [0.25, 0.3) is 16.8 Å². The van der Waals surface area contributed by atoms with E-state index in [1.165, 1.54) is 37.8 Å². The summed E-state index contributed by atoms with van der Waals surface area (Å²) in [7, 11) is 0. The Morgan fingerprint density at radius 1 is 1.05 bits per heavy atom. The predicted octanol–water partition coefficient (Wildman–Crippen LogP) is 4.48. The molecule has 41 heavy (non-hydrogen) atoms. The maximum absolute atomic E-state index is 13.5. The van der Waals surface area contributed by atoms with Crippen molar-refractivity contribution in [2.45, 2.75) is 57.3 Å². The maximum atomic E-state index is 13.5. The van der Waals surface area contributed by atoms with Gasteiger partial charge in [0.15, 0.2) is 0 Å². The van der Waals surface area contributed by atoms with E-state index in [1.807, 2.05) is 59.3 Å². The van der Waals surface area contributed by atoms with E-state index in [0.29, 0.717) is 36.1 Å². The number of fused-ring (bicyclic) bond motifs is 2. The highest BCUT2D eigenvalue weighted by Crippen LogP contribution is 2.39. The molecule has 7 rings (SSSR count). The number of benzene rings is 2. The lowest BCUT2D eigenvalue weighted by molar-refractivity contribution is 0.0756. The number of aliphatic imine (C=N–C) groups is 1. The first-order chi connectivity index (χ1) is 20.1. The van der Waals surface area contributed by atoms with Gasteiger partial charge in [-0.3, -0.25) is 24.4 Å². The number of nitrogens with one attached hydrogen (secondary N) is 2. The van der Waals surface area contributed by atoms with Crippen LogP contribution in [0.1, 0.15) is 71.6 Å². The van der Waals surface area contributed by atoms with Crippen molar-refractivity contribution in [3.05, 3.63) is 93.7 Å². The minimum atomic E-state index is -0.460. The normalized spacial score (nSPS) is 18.4. The molecule has 0 saturated heterocycles. The number of ether oxygens (including phenoxy) is 1. The lowest BCUT2D eigenvalue weighted by Crippen LogP contribution is -2.29. The van der Waals surface area contributed by atoms with E-state index in [1.54, 1.807) is 11.0 Å². The van der Waals surface area contributed by atoms with E-state index >= 15 is 0 Å². The minimum Gasteiger partial charge on any atom is -0.373 e. The average Bonchev–Trinajstić information content (AvgIpc) is 3.54. The summed E-state index contributed by atoms with van der Waals surface area (Å²) >= 11 is 0. The lowest BCUT2D eigenvalue weighted by Gasteiger charge is -2.26. The van der Waals surface area contributed by atoms with Gasteiger partial charge in [0.2, 0.25) is 0 Å². The van der Waals surface area contributed by atoms with Crippen LogP contribution in [0.4, 0.5) is 5.69 Å². The number of hydrogen-bond acceptors (Lipinski definition) is 6. The molecule has 0 spiro atoms.